The van der Waals surface area contributed by atoms with Crippen LogP contribution in [0.1, 0.15) is 0 Å². The first-order valence-electron chi connectivity index (χ1n) is 5.94. The molecule has 0 unspecified atom stereocenters. The van der Waals surface area contributed by atoms with Crippen LogP contribution in [0, 0.1) is 0 Å². The van der Waals surface area contributed by atoms with Crippen molar-refractivity contribution in [2.45, 2.75) is 0 Å². The Hall–Kier alpha value is -2.45. The third-order valence-corrected chi connectivity index (χ3v) is 2.50. The van der Waals surface area contributed by atoms with Gasteiger partial charge >= 0.3 is 11.1 Å². The van der Waals surface area contributed by atoms with Crippen molar-refractivity contribution in [1.29, 1.82) is 0 Å². The minimum atomic E-state index is -0.743. The Bertz CT molecular complexity index is 734. The normalized spacial score (nSPS) is 10.7. The number of aromatic nitrogens is 2. The molecule has 2 aromatic rings. The van der Waals surface area contributed by atoms with Gasteiger partial charge in [-0.3, -0.25) is 14.4 Å². The molecule has 0 aliphatic heterocycles. The second kappa shape index (κ2) is 6.13. The predicted octanol–water partition coefficient (Wildman–Crippen LogP) is -0.870. The monoisotopic (exact) mass is 278 g/mol. The van der Waals surface area contributed by atoms with E-state index in [1.807, 2.05) is 0 Å². The Balaban J connectivity index is 2.15. The second-order valence-electron chi connectivity index (χ2n) is 4.06. The summed E-state index contributed by atoms with van der Waals surface area (Å²) >= 11 is 0. The number of carbonyl (C=O) groups is 1. The van der Waals surface area contributed by atoms with E-state index in [4.69, 9.17) is 10.5 Å². The van der Waals surface area contributed by atoms with E-state index in [2.05, 4.69) is 15.3 Å². The van der Waals surface area contributed by atoms with Crippen LogP contribution in [0.25, 0.3) is 11.0 Å². The Labute approximate surface area is 112 Å². The molecule has 5 N–H and O–H groups in total. The number of hydrogen-bond acceptors (Lipinski definition) is 5. The summed E-state index contributed by atoms with van der Waals surface area (Å²) in [6, 6.07) is 4.74. The van der Waals surface area contributed by atoms with E-state index in [0.717, 1.165) is 0 Å². The maximum absolute atomic E-state index is 11.5. The fourth-order valence-electron chi connectivity index (χ4n) is 1.64. The first kappa shape index (κ1) is 14.0. The van der Waals surface area contributed by atoms with Gasteiger partial charge in [0, 0.05) is 12.2 Å². The molecule has 0 atom stereocenters. The molecule has 106 valence electrons. The molecule has 8 heteroatoms. The highest BCUT2D eigenvalue weighted by Crippen LogP contribution is 2.13. The second-order valence-corrected chi connectivity index (χ2v) is 4.06. The lowest BCUT2D eigenvalue weighted by Crippen LogP contribution is -2.29. The molecule has 0 aliphatic carbocycles. The van der Waals surface area contributed by atoms with Gasteiger partial charge in [-0.15, -0.1) is 0 Å². The Morgan fingerprint density at radius 3 is 2.60 bits per heavy atom. The molecule has 0 aliphatic rings. The molecule has 0 bridgehead atoms. The molecule has 20 heavy (non-hydrogen) atoms. The van der Waals surface area contributed by atoms with Crippen molar-refractivity contribution < 1.29 is 9.53 Å². The van der Waals surface area contributed by atoms with Crippen LogP contribution >= 0.6 is 0 Å². The van der Waals surface area contributed by atoms with Crippen LogP contribution in [0.2, 0.25) is 0 Å². The quantitative estimate of drug-likeness (QED) is 0.417. The molecule has 0 saturated heterocycles. The van der Waals surface area contributed by atoms with Crippen LogP contribution in [0.5, 0.6) is 0 Å². The molecule has 1 aromatic heterocycles. The average molecular weight is 278 g/mol. The summed E-state index contributed by atoms with van der Waals surface area (Å²) in [5.41, 5.74) is 5.17. The number of anilines is 1. The number of rotatable bonds is 5. The van der Waals surface area contributed by atoms with Gasteiger partial charge in [0.15, 0.2) is 0 Å². The number of fused-ring (bicyclic) bond motifs is 1. The van der Waals surface area contributed by atoms with Crippen LogP contribution in [0.15, 0.2) is 27.8 Å². The third kappa shape index (κ3) is 3.31. The van der Waals surface area contributed by atoms with E-state index in [-0.39, 0.29) is 12.5 Å². The molecule has 2 rings (SSSR count). The van der Waals surface area contributed by atoms with Crippen LogP contribution in [0.4, 0.5) is 5.69 Å². The summed E-state index contributed by atoms with van der Waals surface area (Å²) in [4.78, 5) is 38.8. The van der Waals surface area contributed by atoms with Crippen molar-refractivity contribution in [3.63, 3.8) is 0 Å². The van der Waals surface area contributed by atoms with Crippen molar-refractivity contribution >= 4 is 22.6 Å². The number of hydrogen-bond donors (Lipinski definition) is 4. The number of nitrogens with two attached hydrogens (primary N) is 1. The highest BCUT2D eigenvalue weighted by atomic mass is 16.5. The van der Waals surface area contributed by atoms with Crippen LogP contribution in [-0.4, -0.2) is 35.6 Å². The van der Waals surface area contributed by atoms with Gasteiger partial charge in [0.2, 0.25) is 5.91 Å². The van der Waals surface area contributed by atoms with E-state index in [1.165, 1.54) is 0 Å². The van der Waals surface area contributed by atoms with Crippen molar-refractivity contribution in [1.82, 2.24) is 9.97 Å². The fourth-order valence-corrected chi connectivity index (χ4v) is 1.64. The van der Waals surface area contributed by atoms with Gasteiger partial charge in [-0.05, 0) is 18.2 Å². The summed E-state index contributed by atoms with van der Waals surface area (Å²) < 4.78 is 5.00. The minimum Gasteiger partial charge on any atom is -0.370 e. The molecule has 1 amide bonds. The molecule has 0 spiro atoms. The number of ether oxygens (including phenoxy) is 1. The molecular formula is C12H14N4O4. The molecular weight excluding hydrogens is 264 g/mol. The topological polar surface area (TPSA) is 130 Å². The van der Waals surface area contributed by atoms with Gasteiger partial charge in [0.1, 0.15) is 6.61 Å². The van der Waals surface area contributed by atoms with E-state index in [0.29, 0.717) is 29.9 Å². The van der Waals surface area contributed by atoms with Crippen molar-refractivity contribution in [2.75, 3.05) is 25.1 Å². The number of benzene rings is 1. The molecule has 1 heterocycles. The van der Waals surface area contributed by atoms with E-state index in [9.17, 15) is 14.4 Å². The number of carbonyl (C=O) groups excluding carboxylic acids is 1. The Morgan fingerprint density at radius 2 is 1.90 bits per heavy atom. The van der Waals surface area contributed by atoms with Crippen molar-refractivity contribution in [3.05, 3.63) is 38.9 Å². The minimum absolute atomic E-state index is 0.0998. The summed E-state index contributed by atoms with van der Waals surface area (Å²) in [6.07, 6.45) is 0. The first-order chi connectivity index (χ1) is 9.60. The SMILES string of the molecule is NCCOCC(=O)Nc1ccc2[nH]c(=O)c(=O)[nH]c2c1. The van der Waals surface area contributed by atoms with Crippen LogP contribution in [0.3, 0.4) is 0 Å². The maximum atomic E-state index is 11.5. The van der Waals surface area contributed by atoms with Gasteiger partial charge in [0.25, 0.3) is 0 Å². The number of amides is 1. The standard InChI is InChI=1S/C12H14N4O4/c13-3-4-20-6-10(17)14-7-1-2-8-9(5-7)16-12(19)11(18)15-8/h1-2,5H,3-4,6,13H2,(H,14,17)(H,15,18)(H,16,19). The maximum Gasteiger partial charge on any atom is 0.314 e. The summed E-state index contributed by atoms with van der Waals surface area (Å²) in [5.74, 6) is -0.329. The molecule has 1 aromatic carbocycles. The molecule has 0 saturated carbocycles. The number of nitrogens with one attached hydrogen (secondary N) is 3. The largest absolute Gasteiger partial charge is 0.370 e. The van der Waals surface area contributed by atoms with Gasteiger partial charge < -0.3 is 25.8 Å². The van der Waals surface area contributed by atoms with Gasteiger partial charge in [-0.25, -0.2) is 0 Å². The lowest BCUT2D eigenvalue weighted by molar-refractivity contribution is -0.120. The lowest BCUT2D eigenvalue weighted by Gasteiger charge is -2.06. The highest BCUT2D eigenvalue weighted by molar-refractivity contribution is 5.93. The molecule has 8 nitrogen and oxygen atoms in total. The summed E-state index contributed by atoms with van der Waals surface area (Å²) in [7, 11) is 0. The Morgan fingerprint density at radius 1 is 1.20 bits per heavy atom. The van der Waals surface area contributed by atoms with E-state index < -0.39 is 11.1 Å². The number of H-pyrrole nitrogens is 2. The van der Waals surface area contributed by atoms with Crippen LogP contribution in [-0.2, 0) is 9.53 Å². The van der Waals surface area contributed by atoms with E-state index in [1.54, 1.807) is 18.2 Å². The number of aromatic amines is 2. The van der Waals surface area contributed by atoms with Gasteiger partial charge in [0.05, 0.1) is 17.6 Å². The highest BCUT2D eigenvalue weighted by Gasteiger charge is 2.04. The van der Waals surface area contributed by atoms with Gasteiger partial charge in [-0.2, -0.15) is 0 Å². The van der Waals surface area contributed by atoms with E-state index >= 15 is 0 Å². The molecule has 0 radical (unpaired) electrons. The van der Waals surface area contributed by atoms with Crippen molar-refractivity contribution in [2.24, 2.45) is 5.73 Å². The summed E-state index contributed by atoms with van der Waals surface area (Å²) in [5, 5.41) is 2.61. The zero-order valence-corrected chi connectivity index (χ0v) is 10.6. The smallest absolute Gasteiger partial charge is 0.314 e. The zero-order valence-electron chi connectivity index (χ0n) is 10.6. The van der Waals surface area contributed by atoms with Crippen molar-refractivity contribution in [3.8, 4) is 0 Å². The lowest BCUT2D eigenvalue weighted by atomic mass is 10.2. The zero-order chi connectivity index (χ0) is 14.5. The summed E-state index contributed by atoms with van der Waals surface area (Å²) in [6.45, 7) is 0.551. The molecule has 0 fully saturated rings. The third-order valence-electron chi connectivity index (χ3n) is 2.50. The van der Waals surface area contributed by atoms with Crippen LogP contribution < -0.4 is 22.2 Å². The first-order valence-corrected chi connectivity index (χ1v) is 5.94. The predicted molar refractivity (Wildman–Crippen MR) is 73.7 cm³/mol. The Kier molecular flexibility index (Phi) is 4.28. The van der Waals surface area contributed by atoms with Gasteiger partial charge in [-0.1, -0.05) is 0 Å². The fraction of sp³-hybridized carbons (Fsp3) is 0.250. The average Bonchev–Trinajstić information content (AvgIpc) is 2.41.